The van der Waals surface area contributed by atoms with Crippen molar-refractivity contribution in [3.8, 4) is 11.1 Å². The lowest BCUT2D eigenvalue weighted by Crippen LogP contribution is -2.19. The van der Waals surface area contributed by atoms with Crippen molar-refractivity contribution in [2.75, 3.05) is 12.3 Å². The van der Waals surface area contributed by atoms with E-state index in [4.69, 9.17) is 19.7 Å². The maximum atomic E-state index is 5.90. The summed E-state index contributed by atoms with van der Waals surface area (Å²) >= 11 is 0. The van der Waals surface area contributed by atoms with Crippen molar-refractivity contribution in [3.05, 3.63) is 36.0 Å². The van der Waals surface area contributed by atoms with Crippen LogP contribution in [0.1, 0.15) is 25.5 Å². The van der Waals surface area contributed by atoms with Crippen LogP contribution in [0.2, 0.25) is 0 Å². The summed E-state index contributed by atoms with van der Waals surface area (Å²) in [4.78, 5) is 0. The quantitative estimate of drug-likeness (QED) is 0.899. The summed E-state index contributed by atoms with van der Waals surface area (Å²) < 4.78 is 16.4. The Balaban J connectivity index is 2.02. The fourth-order valence-corrected chi connectivity index (χ4v) is 2.31. The monoisotopic (exact) mass is 260 g/mol. The molecule has 2 aromatic rings. The van der Waals surface area contributed by atoms with Gasteiger partial charge in [0, 0.05) is 0 Å². The molecule has 1 atom stereocenters. The molecule has 1 fully saturated rings. The minimum atomic E-state index is -0.558. The summed E-state index contributed by atoms with van der Waals surface area (Å²) in [6.45, 7) is 4.34. The normalized spacial score (nSPS) is 21.7. The van der Waals surface area contributed by atoms with Crippen molar-refractivity contribution in [1.29, 1.82) is 0 Å². The van der Waals surface area contributed by atoms with Gasteiger partial charge >= 0.3 is 0 Å². The van der Waals surface area contributed by atoms with E-state index in [1.165, 1.54) is 0 Å². The van der Waals surface area contributed by atoms with Crippen LogP contribution in [-0.2, 0) is 9.47 Å². The summed E-state index contributed by atoms with van der Waals surface area (Å²) in [7, 11) is 0. The number of nitrogens with two attached hydrogens (primary N) is 1. The number of rotatable bonds is 2. The van der Waals surface area contributed by atoms with Gasteiger partial charge in [0.25, 0.3) is 0 Å². The molecule has 0 amide bonds. The van der Waals surface area contributed by atoms with Crippen LogP contribution in [0, 0.1) is 0 Å². The third kappa shape index (κ3) is 2.22. The molecular weight excluding hydrogens is 244 g/mol. The molecule has 0 aliphatic carbocycles. The lowest BCUT2D eigenvalue weighted by atomic mass is 9.98. The molecule has 100 valence electrons. The van der Waals surface area contributed by atoms with E-state index in [-0.39, 0.29) is 6.10 Å². The summed E-state index contributed by atoms with van der Waals surface area (Å²) in [5.74, 6) is -0.247. The van der Waals surface area contributed by atoms with Gasteiger partial charge in [-0.3, -0.25) is 0 Å². The van der Waals surface area contributed by atoms with Gasteiger partial charge in [-0.05, 0) is 25.0 Å². The smallest absolute Gasteiger partial charge is 0.229 e. The van der Waals surface area contributed by atoms with Gasteiger partial charge in [-0.2, -0.15) is 0 Å². The average molecular weight is 260 g/mol. The van der Waals surface area contributed by atoms with Gasteiger partial charge < -0.3 is 19.7 Å². The largest absolute Gasteiger partial charge is 0.367 e. The third-order valence-electron chi connectivity index (χ3n) is 3.20. The first-order chi connectivity index (χ1) is 9.07. The highest BCUT2D eigenvalue weighted by molar-refractivity contribution is 5.75. The predicted molar refractivity (Wildman–Crippen MR) is 70.2 cm³/mol. The molecule has 0 radical (unpaired) electrons. The number of nitrogens with zero attached hydrogens (tertiary/aromatic N) is 1. The minimum Gasteiger partial charge on any atom is -0.367 e. The van der Waals surface area contributed by atoms with Gasteiger partial charge in [0.15, 0.2) is 5.79 Å². The van der Waals surface area contributed by atoms with Gasteiger partial charge in [-0.15, -0.1) is 0 Å². The molecule has 1 unspecified atom stereocenters. The standard InChI is InChI=1S/C14H16N2O3/c1-14(2)17-8-12(18-14)10-6-4-3-5-9(10)11-7-16-19-13(11)15/h3-7,12H,8,15H2,1-2H3. The minimum absolute atomic E-state index is 0.111. The van der Waals surface area contributed by atoms with Gasteiger partial charge in [-0.1, -0.05) is 29.4 Å². The molecule has 19 heavy (non-hydrogen) atoms. The number of ether oxygens (including phenoxy) is 2. The van der Waals surface area contributed by atoms with E-state index in [1.807, 2.05) is 38.1 Å². The number of benzene rings is 1. The zero-order valence-corrected chi connectivity index (χ0v) is 10.9. The van der Waals surface area contributed by atoms with Crippen LogP contribution >= 0.6 is 0 Å². The molecular formula is C14H16N2O3. The molecule has 2 N–H and O–H groups in total. The van der Waals surface area contributed by atoms with Crippen LogP contribution in [0.3, 0.4) is 0 Å². The Bertz CT molecular complexity index is 592. The van der Waals surface area contributed by atoms with Crippen LogP contribution < -0.4 is 5.73 Å². The third-order valence-corrected chi connectivity index (χ3v) is 3.20. The highest BCUT2D eigenvalue weighted by atomic mass is 16.7. The maximum Gasteiger partial charge on any atom is 0.229 e. The Hall–Kier alpha value is -1.85. The van der Waals surface area contributed by atoms with Crippen molar-refractivity contribution < 1.29 is 14.0 Å². The highest BCUT2D eigenvalue weighted by Gasteiger charge is 2.34. The first kappa shape index (κ1) is 12.2. The van der Waals surface area contributed by atoms with E-state index >= 15 is 0 Å². The van der Waals surface area contributed by atoms with Crippen molar-refractivity contribution in [1.82, 2.24) is 5.16 Å². The molecule has 1 aliphatic rings. The topological polar surface area (TPSA) is 70.5 Å². The Morgan fingerprint density at radius 3 is 2.68 bits per heavy atom. The van der Waals surface area contributed by atoms with E-state index < -0.39 is 5.79 Å². The zero-order valence-electron chi connectivity index (χ0n) is 10.9. The Morgan fingerprint density at radius 1 is 1.26 bits per heavy atom. The van der Waals surface area contributed by atoms with E-state index in [0.29, 0.717) is 12.5 Å². The lowest BCUT2D eigenvalue weighted by molar-refractivity contribution is -0.139. The van der Waals surface area contributed by atoms with Crippen LogP contribution in [0.5, 0.6) is 0 Å². The van der Waals surface area contributed by atoms with Gasteiger partial charge in [0.1, 0.15) is 6.10 Å². The molecule has 0 spiro atoms. The van der Waals surface area contributed by atoms with Crippen molar-refractivity contribution in [2.45, 2.75) is 25.7 Å². The van der Waals surface area contributed by atoms with Crippen LogP contribution in [0.15, 0.2) is 35.0 Å². The van der Waals surface area contributed by atoms with Crippen molar-refractivity contribution in [3.63, 3.8) is 0 Å². The number of nitrogen functional groups attached to an aromatic ring is 1. The number of anilines is 1. The number of hydrogen-bond donors (Lipinski definition) is 1. The molecule has 1 aromatic heterocycles. The molecule has 1 saturated heterocycles. The molecule has 0 bridgehead atoms. The lowest BCUT2D eigenvalue weighted by Gasteiger charge is -2.18. The average Bonchev–Trinajstić information content (AvgIpc) is 2.95. The SMILES string of the molecule is CC1(C)OCC(c2ccccc2-c2cnoc2N)O1. The van der Waals surface area contributed by atoms with E-state index in [2.05, 4.69) is 5.16 Å². The predicted octanol–water partition coefficient (Wildman–Crippen LogP) is 2.75. The highest BCUT2D eigenvalue weighted by Crippen LogP contribution is 2.38. The zero-order chi connectivity index (χ0) is 13.5. The Labute approximate surface area is 111 Å². The summed E-state index contributed by atoms with van der Waals surface area (Å²) in [5, 5.41) is 3.72. The van der Waals surface area contributed by atoms with Crippen LogP contribution in [-0.4, -0.2) is 17.6 Å². The molecule has 0 saturated carbocycles. The van der Waals surface area contributed by atoms with Crippen molar-refractivity contribution >= 4 is 5.88 Å². The second kappa shape index (κ2) is 4.36. The van der Waals surface area contributed by atoms with Crippen LogP contribution in [0.4, 0.5) is 5.88 Å². The van der Waals surface area contributed by atoms with Gasteiger partial charge in [0.2, 0.25) is 5.88 Å². The van der Waals surface area contributed by atoms with Crippen LogP contribution in [0.25, 0.3) is 11.1 Å². The Morgan fingerprint density at radius 2 is 2.05 bits per heavy atom. The second-order valence-electron chi connectivity index (χ2n) is 5.01. The number of aromatic nitrogens is 1. The molecule has 5 heteroatoms. The fraction of sp³-hybridized carbons (Fsp3) is 0.357. The Kier molecular flexibility index (Phi) is 2.80. The first-order valence-electron chi connectivity index (χ1n) is 6.18. The molecule has 1 aromatic carbocycles. The fourth-order valence-electron chi connectivity index (χ4n) is 2.31. The maximum absolute atomic E-state index is 5.90. The summed E-state index contributed by atoms with van der Waals surface area (Å²) in [6.07, 6.45) is 1.51. The molecule has 1 aliphatic heterocycles. The summed E-state index contributed by atoms with van der Waals surface area (Å²) in [6, 6.07) is 7.91. The molecule has 2 heterocycles. The van der Waals surface area contributed by atoms with Crippen molar-refractivity contribution in [2.24, 2.45) is 0 Å². The van der Waals surface area contributed by atoms with E-state index in [0.717, 1.165) is 16.7 Å². The first-order valence-corrected chi connectivity index (χ1v) is 6.18. The van der Waals surface area contributed by atoms with E-state index in [9.17, 15) is 0 Å². The second-order valence-corrected chi connectivity index (χ2v) is 5.01. The molecule has 3 rings (SSSR count). The van der Waals surface area contributed by atoms with Gasteiger partial charge in [0.05, 0.1) is 18.4 Å². The van der Waals surface area contributed by atoms with E-state index in [1.54, 1.807) is 6.20 Å². The molecule has 5 nitrogen and oxygen atoms in total. The number of hydrogen-bond acceptors (Lipinski definition) is 5. The summed E-state index contributed by atoms with van der Waals surface area (Å²) in [5.41, 5.74) is 8.57. The van der Waals surface area contributed by atoms with Gasteiger partial charge in [-0.25, -0.2) is 0 Å².